The molecule has 1 amide bonds. The van der Waals surface area contributed by atoms with E-state index in [0.29, 0.717) is 29.3 Å². The Morgan fingerprint density at radius 1 is 1.32 bits per heavy atom. The minimum atomic E-state index is -0.0653. The van der Waals surface area contributed by atoms with Crippen molar-refractivity contribution >= 4 is 11.6 Å². The van der Waals surface area contributed by atoms with Crippen molar-refractivity contribution in [3.8, 4) is 17.1 Å². The predicted molar refractivity (Wildman–Crippen MR) is 96.4 cm³/mol. The molecule has 0 bridgehead atoms. The average molecular weight is 336 g/mol. The fourth-order valence-corrected chi connectivity index (χ4v) is 2.62. The van der Waals surface area contributed by atoms with Gasteiger partial charge >= 0.3 is 0 Å². The molecule has 2 aromatic rings. The Labute approximate surface area is 146 Å². The van der Waals surface area contributed by atoms with E-state index in [1.165, 1.54) is 0 Å². The first-order valence-corrected chi connectivity index (χ1v) is 8.03. The molecule has 0 radical (unpaired) electrons. The van der Waals surface area contributed by atoms with Gasteiger partial charge in [-0.2, -0.15) is 0 Å². The van der Waals surface area contributed by atoms with E-state index in [1.807, 2.05) is 13.0 Å². The predicted octanol–water partition coefficient (Wildman–Crippen LogP) is 2.51. The first-order chi connectivity index (χ1) is 12.0. The Morgan fingerprint density at radius 3 is 2.88 bits per heavy atom. The Morgan fingerprint density at radius 2 is 2.12 bits per heavy atom. The van der Waals surface area contributed by atoms with Gasteiger partial charge in [-0.15, -0.1) is 0 Å². The summed E-state index contributed by atoms with van der Waals surface area (Å²) in [7, 11) is 0. The lowest BCUT2D eigenvalue weighted by Crippen LogP contribution is -2.34. The van der Waals surface area contributed by atoms with Crippen molar-refractivity contribution < 1.29 is 9.90 Å². The van der Waals surface area contributed by atoms with Gasteiger partial charge in [0.15, 0.2) is 5.82 Å². The van der Waals surface area contributed by atoms with Crippen LogP contribution in [0.15, 0.2) is 48.3 Å². The van der Waals surface area contributed by atoms with Gasteiger partial charge in [0, 0.05) is 36.0 Å². The fraction of sp³-hybridized carbons (Fsp3) is 0.211. The maximum absolute atomic E-state index is 11.7. The zero-order chi connectivity index (χ0) is 18.0. The first kappa shape index (κ1) is 16.7. The summed E-state index contributed by atoms with van der Waals surface area (Å²) >= 11 is 0. The molecule has 1 aliphatic heterocycles. The number of amides is 1. The third kappa shape index (κ3) is 3.52. The zero-order valence-electron chi connectivity index (χ0n) is 14.3. The van der Waals surface area contributed by atoms with Gasteiger partial charge in [-0.1, -0.05) is 6.58 Å². The Bertz CT molecular complexity index is 887. The second kappa shape index (κ2) is 6.76. The largest absolute Gasteiger partial charge is 0.508 e. The summed E-state index contributed by atoms with van der Waals surface area (Å²) in [6.07, 6.45) is 2.40. The van der Waals surface area contributed by atoms with Gasteiger partial charge in [0.05, 0.1) is 11.4 Å². The fourth-order valence-electron chi connectivity index (χ4n) is 2.62. The van der Waals surface area contributed by atoms with Crippen molar-refractivity contribution in [2.24, 2.45) is 0 Å². The monoisotopic (exact) mass is 336 g/mol. The summed E-state index contributed by atoms with van der Waals surface area (Å²) in [5, 5.41) is 15.7. The van der Waals surface area contributed by atoms with Crippen molar-refractivity contribution in [1.29, 1.82) is 0 Å². The first-order valence-electron chi connectivity index (χ1n) is 8.03. The number of aryl methyl sites for hydroxylation is 1. The van der Waals surface area contributed by atoms with Crippen LogP contribution in [-0.4, -0.2) is 27.5 Å². The minimum absolute atomic E-state index is 0.0653. The van der Waals surface area contributed by atoms with E-state index in [-0.39, 0.29) is 11.7 Å². The number of phenolic OH excluding ortho intramolecular Hbond substituents is 1. The van der Waals surface area contributed by atoms with Crippen LogP contribution in [0.1, 0.15) is 24.6 Å². The van der Waals surface area contributed by atoms with Crippen LogP contribution in [0.2, 0.25) is 0 Å². The van der Waals surface area contributed by atoms with Gasteiger partial charge in [-0.3, -0.25) is 4.79 Å². The molecule has 0 unspecified atom stereocenters. The highest BCUT2D eigenvalue weighted by Crippen LogP contribution is 2.24. The van der Waals surface area contributed by atoms with Crippen molar-refractivity contribution in [3.63, 3.8) is 0 Å². The highest BCUT2D eigenvalue weighted by molar-refractivity contribution is 5.94. The molecule has 6 nitrogen and oxygen atoms in total. The van der Waals surface area contributed by atoms with Gasteiger partial charge in [0.25, 0.3) is 0 Å². The number of rotatable bonds is 4. The second-order valence-electron chi connectivity index (χ2n) is 5.98. The number of hydrogen-bond donors (Lipinski definition) is 3. The van der Waals surface area contributed by atoms with Crippen molar-refractivity contribution in [2.45, 2.75) is 20.3 Å². The van der Waals surface area contributed by atoms with Crippen molar-refractivity contribution in [2.75, 3.05) is 6.54 Å². The summed E-state index contributed by atoms with van der Waals surface area (Å²) in [6, 6.07) is 7.01. The van der Waals surface area contributed by atoms with Gasteiger partial charge in [0.1, 0.15) is 5.75 Å². The molecule has 0 saturated heterocycles. The standard InChI is InChI=1S/C19H20N4O2/c1-11-10-14(4-5-17(11)24)18-20-8-7-16(23-18)13(3)22-15-6-9-21-19(25)12(15)2/h4-5,7-8,10,22,24H,3,6,9H2,1-2H3,(H,21,25). The lowest BCUT2D eigenvalue weighted by Gasteiger charge is -2.20. The van der Waals surface area contributed by atoms with Gasteiger partial charge < -0.3 is 15.7 Å². The summed E-state index contributed by atoms with van der Waals surface area (Å²) in [5.41, 5.74) is 4.37. The molecule has 0 aliphatic carbocycles. The highest BCUT2D eigenvalue weighted by atomic mass is 16.3. The second-order valence-corrected chi connectivity index (χ2v) is 5.98. The van der Waals surface area contributed by atoms with Crippen LogP contribution in [0.25, 0.3) is 17.1 Å². The minimum Gasteiger partial charge on any atom is -0.508 e. The Balaban J connectivity index is 1.86. The van der Waals surface area contributed by atoms with Crippen LogP contribution in [0.3, 0.4) is 0 Å². The number of nitrogens with one attached hydrogen (secondary N) is 2. The lowest BCUT2D eigenvalue weighted by atomic mass is 10.1. The van der Waals surface area contributed by atoms with Gasteiger partial charge in [-0.05, 0) is 43.7 Å². The third-order valence-electron chi connectivity index (χ3n) is 4.18. The summed E-state index contributed by atoms with van der Waals surface area (Å²) in [6.45, 7) is 8.25. The highest BCUT2D eigenvalue weighted by Gasteiger charge is 2.17. The summed E-state index contributed by atoms with van der Waals surface area (Å²) in [4.78, 5) is 20.6. The molecule has 3 rings (SSSR count). The molecule has 3 N–H and O–H groups in total. The van der Waals surface area contributed by atoms with E-state index >= 15 is 0 Å². The molecule has 0 fully saturated rings. The molecule has 2 heterocycles. The molecule has 0 saturated carbocycles. The Kier molecular flexibility index (Phi) is 4.52. The lowest BCUT2D eigenvalue weighted by molar-refractivity contribution is -0.117. The number of benzene rings is 1. The number of aromatic nitrogens is 2. The Hall–Kier alpha value is -3.15. The quantitative estimate of drug-likeness (QED) is 0.798. The molecule has 1 aromatic carbocycles. The van der Waals surface area contributed by atoms with Crippen LogP contribution in [0.5, 0.6) is 5.75 Å². The smallest absolute Gasteiger partial charge is 0.248 e. The van der Waals surface area contributed by atoms with Crippen LogP contribution >= 0.6 is 0 Å². The van der Waals surface area contributed by atoms with Crippen molar-refractivity contribution in [1.82, 2.24) is 20.6 Å². The summed E-state index contributed by atoms with van der Waals surface area (Å²) < 4.78 is 0. The number of carbonyl (C=O) groups excluding carboxylic acids is 1. The maximum atomic E-state index is 11.7. The van der Waals surface area contributed by atoms with E-state index < -0.39 is 0 Å². The molecule has 6 heteroatoms. The van der Waals surface area contributed by atoms with E-state index in [0.717, 1.165) is 23.2 Å². The number of phenols is 1. The topological polar surface area (TPSA) is 87.1 Å². The molecule has 1 aromatic heterocycles. The normalized spacial score (nSPS) is 14.2. The van der Waals surface area contributed by atoms with Crippen LogP contribution < -0.4 is 10.6 Å². The molecule has 1 aliphatic rings. The molecular formula is C19H20N4O2. The van der Waals surface area contributed by atoms with E-state index in [9.17, 15) is 9.90 Å². The van der Waals surface area contributed by atoms with E-state index in [4.69, 9.17) is 0 Å². The van der Waals surface area contributed by atoms with Crippen LogP contribution in [0, 0.1) is 6.92 Å². The van der Waals surface area contributed by atoms with Gasteiger partial charge in [0.2, 0.25) is 5.91 Å². The number of aromatic hydroxyl groups is 1. The average Bonchev–Trinajstić information content (AvgIpc) is 2.61. The molecule has 0 atom stereocenters. The maximum Gasteiger partial charge on any atom is 0.248 e. The number of hydrogen-bond acceptors (Lipinski definition) is 5. The number of nitrogens with zero attached hydrogens (tertiary/aromatic N) is 2. The van der Waals surface area contributed by atoms with Gasteiger partial charge in [-0.25, -0.2) is 9.97 Å². The third-order valence-corrected chi connectivity index (χ3v) is 4.18. The SMILES string of the molecule is C=C(NC1=C(C)C(=O)NCC1)c1ccnc(-c2ccc(O)c(C)c2)n1. The van der Waals surface area contributed by atoms with Crippen LogP contribution in [-0.2, 0) is 4.79 Å². The molecule has 128 valence electrons. The van der Waals surface area contributed by atoms with E-state index in [2.05, 4.69) is 27.2 Å². The molecular weight excluding hydrogens is 316 g/mol. The zero-order valence-corrected chi connectivity index (χ0v) is 14.3. The molecule has 25 heavy (non-hydrogen) atoms. The van der Waals surface area contributed by atoms with Crippen molar-refractivity contribution in [3.05, 3.63) is 59.6 Å². The number of carbonyl (C=O) groups is 1. The molecule has 0 spiro atoms. The van der Waals surface area contributed by atoms with E-state index in [1.54, 1.807) is 31.3 Å². The summed E-state index contributed by atoms with van der Waals surface area (Å²) in [5.74, 6) is 0.726. The van der Waals surface area contributed by atoms with Crippen LogP contribution in [0.4, 0.5) is 0 Å².